The summed E-state index contributed by atoms with van der Waals surface area (Å²) in [4.78, 5) is 30.2. The molecule has 0 atom stereocenters. The van der Waals surface area contributed by atoms with Crippen molar-refractivity contribution >= 4 is 40.1 Å². The standard InChI is InChI=1S/C29H25ClN4O5/c1-4-22(35)26-25(34-28(37)29(2,3)38)21-12-20(15-5-8-18(30)9-6-15)24(33-27(21)39-26)19-10-7-16(11-23(19)36)17-13-31-32-14-17/h5-14,36,38H,4H2,1-3H3,(H,31,32)(H,34,37). The van der Waals surface area contributed by atoms with Crippen LogP contribution in [0, 0.1) is 0 Å². The summed E-state index contributed by atoms with van der Waals surface area (Å²) >= 11 is 6.13. The van der Waals surface area contributed by atoms with Crippen molar-refractivity contribution in [1.82, 2.24) is 15.2 Å². The number of aromatic nitrogens is 3. The Hall–Kier alpha value is -4.47. The summed E-state index contributed by atoms with van der Waals surface area (Å²) in [6.07, 6.45) is 3.49. The van der Waals surface area contributed by atoms with Crippen LogP contribution in [0.1, 0.15) is 37.7 Å². The lowest BCUT2D eigenvalue weighted by Crippen LogP contribution is -2.37. The molecule has 10 heteroatoms. The number of aliphatic hydroxyl groups is 1. The minimum atomic E-state index is -1.70. The van der Waals surface area contributed by atoms with E-state index in [0.29, 0.717) is 27.2 Å². The zero-order valence-corrected chi connectivity index (χ0v) is 22.1. The third-order valence-electron chi connectivity index (χ3n) is 6.29. The largest absolute Gasteiger partial charge is 0.507 e. The highest BCUT2D eigenvalue weighted by Gasteiger charge is 2.30. The number of furan rings is 1. The van der Waals surface area contributed by atoms with Gasteiger partial charge in [-0.25, -0.2) is 4.98 Å². The van der Waals surface area contributed by atoms with E-state index in [2.05, 4.69) is 15.5 Å². The summed E-state index contributed by atoms with van der Waals surface area (Å²) in [5.74, 6) is -1.15. The zero-order chi connectivity index (χ0) is 27.9. The van der Waals surface area contributed by atoms with E-state index in [0.717, 1.165) is 16.7 Å². The maximum atomic E-state index is 12.8. The van der Waals surface area contributed by atoms with Crippen molar-refractivity contribution in [1.29, 1.82) is 0 Å². The number of nitrogens with one attached hydrogen (secondary N) is 2. The predicted octanol–water partition coefficient (Wildman–Crippen LogP) is 6.21. The highest BCUT2D eigenvalue weighted by atomic mass is 35.5. The molecule has 0 unspecified atom stereocenters. The van der Waals surface area contributed by atoms with E-state index in [1.807, 2.05) is 6.07 Å². The van der Waals surface area contributed by atoms with Crippen molar-refractivity contribution < 1.29 is 24.2 Å². The topological polar surface area (TPSA) is 141 Å². The second-order valence-corrected chi connectivity index (χ2v) is 10.00. The number of halogens is 1. The molecular weight excluding hydrogens is 520 g/mol. The monoisotopic (exact) mass is 544 g/mol. The van der Waals surface area contributed by atoms with Crippen molar-refractivity contribution in [3.05, 3.63) is 71.7 Å². The maximum Gasteiger partial charge on any atom is 0.255 e. The number of phenolic OH excluding ortho intramolecular Hbond substituents is 1. The number of fused-ring (bicyclic) bond motifs is 1. The molecule has 0 radical (unpaired) electrons. The van der Waals surface area contributed by atoms with Crippen LogP contribution >= 0.6 is 11.6 Å². The summed E-state index contributed by atoms with van der Waals surface area (Å²) < 4.78 is 5.89. The molecule has 0 saturated heterocycles. The number of carbonyl (C=O) groups is 2. The van der Waals surface area contributed by atoms with Crippen LogP contribution < -0.4 is 5.32 Å². The number of Topliss-reactive ketones (excluding diaryl/α,β-unsaturated/α-hetero) is 1. The van der Waals surface area contributed by atoms with Gasteiger partial charge >= 0.3 is 0 Å². The molecule has 5 aromatic rings. The van der Waals surface area contributed by atoms with Gasteiger partial charge in [0.1, 0.15) is 17.0 Å². The molecule has 0 fully saturated rings. The van der Waals surface area contributed by atoms with Crippen LogP contribution in [-0.2, 0) is 4.79 Å². The van der Waals surface area contributed by atoms with Crippen molar-refractivity contribution in [2.75, 3.05) is 5.32 Å². The second kappa shape index (κ2) is 10.0. The van der Waals surface area contributed by atoms with Crippen LogP contribution in [0.15, 0.2) is 65.3 Å². The van der Waals surface area contributed by atoms with Gasteiger partial charge in [-0.05, 0) is 55.3 Å². The molecule has 0 aliphatic heterocycles. The lowest BCUT2D eigenvalue weighted by Gasteiger charge is -2.17. The van der Waals surface area contributed by atoms with E-state index in [1.54, 1.807) is 61.8 Å². The molecule has 1 amide bonds. The maximum absolute atomic E-state index is 12.8. The smallest absolute Gasteiger partial charge is 0.255 e. The van der Waals surface area contributed by atoms with Crippen molar-refractivity contribution in [3.63, 3.8) is 0 Å². The summed E-state index contributed by atoms with van der Waals surface area (Å²) in [7, 11) is 0. The molecule has 198 valence electrons. The van der Waals surface area contributed by atoms with Gasteiger partial charge in [-0.2, -0.15) is 5.10 Å². The number of hydrogen-bond donors (Lipinski definition) is 4. The molecule has 2 aromatic carbocycles. The van der Waals surface area contributed by atoms with Gasteiger partial charge in [0.2, 0.25) is 5.71 Å². The number of pyridine rings is 1. The molecule has 0 aliphatic rings. The average molecular weight is 545 g/mol. The van der Waals surface area contributed by atoms with Gasteiger partial charge < -0.3 is 19.9 Å². The predicted molar refractivity (Wildman–Crippen MR) is 149 cm³/mol. The molecule has 4 N–H and O–H groups in total. The third kappa shape index (κ3) is 5.01. The molecule has 0 bridgehead atoms. The summed E-state index contributed by atoms with van der Waals surface area (Å²) in [6.45, 7) is 4.36. The van der Waals surface area contributed by atoms with E-state index >= 15 is 0 Å². The summed E-state index contributed by atoms with van der Waals surface area (Å²) in [5, 5.41) is 31.6. The first kappa shape index (κ1) is 26.1. The molecule has 0 saturated carbocycles. The van der Waals surface area contributed by atoms with Gasteiger partial charge in [0.15, 0.2) is 11.5 Å². The van der Waals surface area contributed by atoms with Crippen LogP contribution in [0.2, 0.25) is 5.02 Å². The second-order valence-electron chi connectivity index (χ2n) is 9.56. The van der Waals surface area contributed by atoms with Crippen LogP contribution in [0.25, 0.3) is 44.6 Å². The van der Waals surface area contributed by atoms with Crippen LogP contribution in [-0.4, -0.2) is 42.7 Å². The first-order valence-corrected chi connectivity index (χ1v) is 12.6. The Labute approximate surface area is 228 Å². The number of nitrogens with zero attached hydrogens (tertiary/aromatic N) is 2. The summed E-state index contributed by atoms with van der Waals surface area (Å²) in [6, 6.07) is 14.0. The van der Waals surface area contributed by atoms with Gasteiger partial charge in [-0.3, -0.25) is 14.7 Å². The van der Waals surface area contributed by atoms with Gasteiger partial charge in [-0.15, -0.1) is 0 Å². The molecule has 39 heavy (non-hydrogen) atoms. The van der Waals surface area contributed by atoms with Crippen molar-refractivity contribution in [3.8, 4) is 39.3 Å². The number of aromatic hydroxyl groups is 1. The Morgan fingerprint density at radius 1 is 1.05 bits per heavy atom. The fourth-order valence-corrected chi connectivity index (χ4v) is 4.27. The Morgan fingerprint density at radius 2 is 1.77 bits per heavy atom. The number of benzene rings is 2. The highest BCUT2D eigenvalue weighted by Crippen LogP contribution is 2.42. The minimum Gasteiger partial charge on any atom is -0.507 e. The molecular formula is C29H25ClN4O5. The number of aromatic amines is 1. The normalized spacial score (nSPS) is 11.6. The molecule has 3 heterocycles. The van der Waals surface area contributed by atoms with E-state index in [1.165, 1.54) is 13.8 Å². The number of H-pyrrole nitrogens is 1. The average Bonchev–Trinajstić information content (AvgIpc) is 3.56. The van der Waals surface area contributed by atoms with Crippen LogP contribution in [0.4, 0.5) is 5.69 Å². The number of hydrogen-bond acceptors (Lipinski definition) is 7. The van der Waals surface area contributed by atoms with Gasteiger partial charge in [0, 0.05) is 34.3 Å². The third-order valence-corrected chi connectivity index (χ3v) is 6.54. The molecule has 5 rings (SSSR count). The molecule has 9 nitrogen and oxygen atoms in total. The number of carbonyl (C=O) groups excluding carboxylic acids is 2. The molecule has 0 spiro atoms. The summed E-state index contributed by atoms with van der Waals surface area (Å²) in [5.41, 5.74) is 2.21. The Kier molecular flexibility index (Phi) is 6.71. The number of phenols is 1. The van der Waals surface area contributed by atoms with Crippen molar-refractivity contribution in [2.45, 2.75) is 32.8 Å². The van der Waals surface area contributed by atoms with Gasteiger partial charge in [-0.1, -0.05) is 36.7 Å². The van der Waals surface area contributed by atoms with Crippen molar-refractivity contribution in [2.24, 2.45) is 0 Å². The van der Waals surface area contributed by atoms with E-state index in [-0.39, 0.29) is 35.1 Å². The fourth-order valence-electron chi connectivity index (χ4n) is 4.15. The Morgan fingerprint density at radius 3 is 2.38 bits per heavy atom. The van der Waals surface area contributed by atoms with Gasteiger partial charge in [0.25, 0.3) is 5.91 Å². The van der Waals surface area contributed by atoms with E-state index < -0.39 is 11.5 Å². The Bertz CT molecular complexity index is 1700. The van der Waals surface area contributed by atoms with Crippen LogP contribution in [0.3, 0.4) is 0 Å². The lowest BCUT2D eigenvalue weighted by atomic mass is 9.96. The number of ketones is 1. The van der Waals surface area contributed by atoms with Gasteiger partial charge in [0.05, 0.1) is 17.3 Å². The van der Waals surface area contributed by atoms with E-state index in [9.17, 15) is 19.8 Å². The van der Waals surface area contributed by atoms with Crippen LogP contribution in [0.5, 0.6) is 5.75 Å². The lowest BCUT2D eigenvalue weighted by molar-refractivity contribution is -0.130. The fraction of sp³-hybridized carbons (Fsp3) is 0.172. The number of rotatable bonds is 7. The number of amides is 1. The molecule has 0 aliphatic carbocycles. The first-order valence-electron chi connectivity index (χ1n) is 12.2. The van der Waals surface area contributed by atoms with E-state index in [4.69, 9.17) is 21.0 Å². The zero-order valence-electron chi connectivity index (χ0n) is 21.4. The first-order chi connectivity index (χ1) is 18.6. The quantitative estimate of drug-likeness (QED) is 0.178. The SMILES string of the molecule is CCC(=O)c1oc2nc(-c3ccc(-c4cn[nH]c4)cc3O)c(-c3ccc(Cl)cc3)cc2c1NC(=O)C(C)(C)O. The number of anilines is 1. The molecule has 3 aromatic heterocycles. The highest BCUT2D eigenvalue weighted by molar-refractivity contribution is 6.30. The minimum absolute atomic E-state index is 0.0252. The Balaban J connectivity index is 1.76.